The highest BCUT2D eigenvalue weighted by atomic mass is 16.5. The number of nitrogens with zero attached hydrogens (tertiary/aromatic N) is 1. The third-order valence-electron chi connectivity index (χ3n) is 7.03. The van der Waals surface area contributed by atoms with Gasteiger partial charge in [0.05, 0.1) is 0 Å². The van der Waals surface area contributed by atoms with E-state index >= 15 is 0 Å². The summed E-state index contributed by atoms with van der Waals surface area (Å²) in [5.74, 6) is 0.496. The molecule has 0 fully saturated rings. The third kappa shape index (κ3) is 7.38. The number of carboxylic acids is 1. The van der Waals surface area contributed by atoms with E-state index in [-0.39, 0.29) is 18.3 Å². The second-order valence-corrected chi connectivity index (χ2v) is 10.7. The van der Waals surface area contributed by atoms with Crippen LogP contribution in [-0.4, -0.2) is 21.4 Å². The fraction of sp³-hybridized carbons (Fsp3) is 0.353. The first kappa shape index (κ1) is 28.2. The highest BCUT2D eigenvalue weighted by Gasteiger charge is 2.18. The van der Waals surface area contributed by atoms with E-state index in [0.717, 1.165) is 42.3 Å². The Morgan fingerprint density at radius 1 is 0.923 bits per heavy atom. The van der Waals surface area contributed by atoms with Crippen molar-refractivity contribution in [3.05, 3.63) is 101 Å². The number of rotatable bonds is 14. The first-order chi connectivity index (χ1) is 18.9. The number of fused-ring (bicyclic) bond motifs is 1. The van der Waals surface area contributed by atoms with E-state index in [4.69, 9.17) is 9.84 Å². The van der Waals surface area contributed by atoms with E-state index < -0.39 is 5.97 Å². The Labute approximate surface area is 231 Å². The summed E-state index contributed by atoms with van der Waals surface area (Å²) in [6.07, 6.45) is 6.59. The van der Waals surface area contributed by atoms with Gasteiger partial charge in [-0.2, -0.15) is 0 Å². The maximum absolute atomic E-state index is 13.5. The molecule has 1 atom stereocenters. The van der Waals surface area contributed by atoms with Crippen molar-refractivity contribution in [3.8, 4) is 5.75 Å². The number of carboxylic acid groups (broad SMARTS) is 1. The highest BCUT2D eigenvalue weighted by molar-refractivity contribution is 6.16. The van der Waals surface area contributed by atoms with Crippen molar-refractivity contribution in [3.63, 3.8) is 0 Å². The lowest BCUT2D eigenvalue weighted by atomic mass is 9.98. The molecule has 39 heavy (non-hydrogen) atoms. The van der Waals surface area contributed by atoms with Gasteiger partial charge in [-0.05, 0) is 73.1 Å². The van der Waals surface area contributed by atoms with Gasteiger partial charge in [-0.3, -0.25) is 9.59 Å². The molecular weight excluding hydrogens is 486 g/mol. The van der Waals surface area contributed by atoms with Crippen molar-refractivity contribution in [1.82, 2.24) is 4.57 Å². The number of unbranched alkanes of at least 4 members (excludes halogenated alkanes) is 1. The topological polar surface area (TPSA) is 68.5 Å². The molecule has 0 amide bonds. The molecule has 5 heteroatoms. The Morgan fingerprint density at radius 3 is 2.31 bits per heavy atom. The molecule has 3 aromatic carbocycles. The lowest BCUT2D eigenvalue weighted by Crippen LogP contribution is -2.08. The predicted molar refractivity (Wildman–Crippen MR) is 157 cm³/mol. The number of aromatic nitrogens is 1. The predicted octanol–water partition coefficient (Wildman–Crippen LogP) is 8.25. The van der Waals surface area contributed by atoms with E-state index in [1.165, 1.54) is 11.1 Å². The molecule has 204 valence electrons. The van der Waals surface area contributed by atoms with Crippen LogP contribution in [-0.2, 0) is 17.8 Å². The molecular formula is C34H39NO4. The van der Waals surface area contributed by atoms with Crippen LogP contribution in [0.3, 0.4) is 0 Å². The van der Waals surface area contributed by atoms with E-state index in [9.17, 15) is 9.59 Å². The van der Waals surface area contributed by atoms with E-state index in [1.54, 1.807) is 0 Å². The van der Waals surface area contributed by atoms with Crippen LogP contribution in [0.25, 0.3) is 10.9 Å². The number of ketones is 1. The molecule has 4 aromatic rings. The number of ether oxygens (including phenoxy) is 1. The summed E-state index contributed by atoms with van der Waals surface area (Å²) in [5.41, 5.74) is 4.67. The maximum atomic E-state index is 13.5. The van der Waals surface area contributed by atoms with Crippen LogP contribution in [0.1, 0.15) is 86.0 Å². The van der Waals surface area contributed by atoms with Crippen LogP contribution in [0.2, 0.25) is 0 Å². The SMILES string of the molecule is CCCC[C@@H](Oc1ccc(C(=O)c2cn(CCCC(=O)O)c3ccccc23)cc1)c1ccc(CC(C)C)cc1. The van der Waals surface area contributed by atoms with E-state index in [2.05, 4.69) is 45.0 Å². The van der Waals surface area contributed by atoms with Gasteiger partial charge in [-0.25, -0.2) is 0 Å². The Kier molecular flexibility index (Phi) is 9.59. The van der Waals surface area contributed by atoms with Crippen LogP contribution in [0.5, 0.6) is 5.75 Å². The first-order valence-corrected chi connectivity index (χ1v) is 14.1. The zero-order valence-corrected chi connectivity index (χ0v) is 23.2. The summed E-state index contributed by atoms with van der Waals surface area (Å²) >= 11 is 0. The Bertz CT molecular complexity index is 1380. The lowest BCUT2D eigenvalue weighted by molar-refractivity contribution is -0.137. The standard InChI is InChI=1S/C34H39NO4/c1-4-5-11-32(26-15-13-25(14-16-26)22-24(2)3)39-28-19-17-27(18-20-28)34(38)30-23-35(21-8-12-33(36)37)31-10-7-6-9-29(30)31/h6-7,9-10,13-20,23-24,32H,4-5,8,11-12,21-22H2,1-3H3,(H,36,37)/t32-/m1/s1. The molecule has 1 N–H and O–H groups in total. The molecule has 5 nitrogen and oxygen atoms in total. The fourth-order valence-corrected chi connectivity index (χ4v) is 5.04. The molecule has 0 unspecified atom stereocenters. The molecule has 0 saturated heterocycles. The molecule has 0 aliphatic carbocycles. The molecule has 0 aliphatic rings. The van der Waals surface area contributed by atoms with Crippen molar-refractivity contribution >= 4 is 22.7 Å². The number of carbonyl (C=O) groups is 2. The average molecular weight is 526 g/mol. The van der Waals surface area contributed by atoms with Crippen LogP contribution in [0.4, 0.5) is 0 Å². The number of benzene rings is 3. The van der Waals surface area contributed by atoms with Crippen molar-refractivity contribution in [2.75, 3.05) is 0 Å². The Hall–Kier alpha value is -3.86. The Balaban J connectivity index is 1.51. The van der Waals surface area contributed by atoms with Gasteiger partial charge >= 0.3 is 5.97 Å². The minimum atomic E-state index is -0.815. The summed E-state index contributed by atoms with van der Waals surface area (Å²) in [7, 11) is 0. The number of aryl methyl sites for hydroxylation is 1. The number of aliphatic carboxylic acids is 1. The van der Waals surface area contributed by atoms with Crippen LogP contribution >= 0.6 is 0 Å². The number of para-hydroxylation sites is 1. The van der Waals surface area contributed by atoms with E-state index in [0.29, 0.717) is 30.0 Å². The molecule has 1 aromatic heterocycles. The Morgan fingerprint density at radius 2 is 1.64 bits per heavy atom. The van der Waals surface area contributed by atoms with Crippen LogP contribution in [0, 0.1) is 5.92 Å². The largest absolute Gasteiger partial charge is 0.486 e. The monoisotopic (exact) mass is 525 g/mol. The zero-order chi connectivity index (χ0) is 27.8. The smallest absolute Gasteiger partial charge is 0.303 e. The maximum Gasteiger partial charge on any atom is 0.303 e. The van der Waals surface area contributed by atoms with Gasteiger partial charge in [-0.15, -0.1) is 0 Å². The summed E-state index contributed by atoms with van der Waals surface area (Å²) in [6, 6.07) is 24.0. The zero-order valence-electron chi connectivity index (χ0n) is 23.2. The highest BCUT2D eigenvalue weighted by Crippen LogP contribution is 2.29. The molecule has 0 radical (unpaired) electrons. The fourth-order valence-electron chi connectivity index (χ4n) is 5.04. The van der Waals surface area contributed by atoms with Gasteiger partial charge < -0.3 is 14.4 Å². The lowest BCUT2D eigenvalue weighted by Gasteiger charge is -2.20. The number of hydrogen-bond donors (Lipinski definition) is 1. The van der Waals surface area contributed by atoms with Crippen molar-refractivity contribution in [2.24, 2.45) is 5.92 Å². The molecule has 4 rings (SSSR count). The molecule has 0 spiro atoms. The van der Waals surface area contributed by atoms with Crippen molar-refractivity contribution in [1.29, 1.82) is 0 Å². The van der Waals surface area contributed by atoms with Crippen molar-refractivity contribution in [2.45, 2.75) is 71.9 Å². The molecule has 1 heterocycles. The quantitative estimate of drug-likeness (QED) is 0.168. The van der Waals surface area contributed by atoms with Gasteiger partial charge in [0.1, 0.15) is 11.9 Å². The number of carbonyl (C=O) groups excluding carboxylic acids is 1. The minimum absolute atomic E-state index is 0.0385. The first-order valence-electron chi connectivity index (χ1n) is 14.1. The van der Waals surface area contributed by atoms with E-state index in [1.807, 2.05) is 59.3 Å². The second kappa shape index (κ2) is 13.3. The van der Waals surface area contributed by atoms with Crippen molar-refractivity contribution < 1.29 is 19.4 Å². The van der Waals surface area contributed by atoms with Gasteiger partial charge in [0.25, 0.3) is 0 Å². The number of hydrogen-bond acceptors (Lipinski definition) is 3. The minimum Gasteiger partial charge on any atom is -0.486 e. The summed E-state index contributed by atoms with van der Waals surface area (Å²) in [5, 5.41) is 9.87. The molecule has 0 aliphatic heterocycles. The van der Waals surface area contributed by atoms with Gasteiger partial charge in [0.2, 0.25) is 0 Å². The van der Waals surface area contributed by atoms with Gasteiger partial charge in [0, 0.05) is 41.2 Å². The van der Waals surface area contributed by atoms with Gasteiger partial charge in [0.15, 0.2) is 5.78 Å². The third-order valence-corrected chi connectivity index (χ3v) is 7.03. The summed E-state index contributed by atoms with van der Waals surface area (Å²) < 4.78 is 8.42. The van der Waals surface area contributed by atoms with Crippen LogP contribution in [0.15, 0.2) is 79.0 Å². The van der Waals surface area contributed by atoms with Gasteiger partial charge in [-0.1, -0.05) is 69.7 Å². The normalized spacial score (nSPS) is 12.1. The summed E-state index contributed by atoms with van der Waals surface area (Å²) in [4.78, 5) is 24.5. The summed E-state index contributed by atoms with van der Waals surface area (Å²) in [6.45, 7) is 7.20. The van der Waals surface area contributed by atoms with Crippen LogP contribution < -0.4 is 4.74 Å². The second-order valence-electron chi connectivity index (χ2n) is 10.7. The average Bonchev–Trinajstić information content (AvgIpc) is 3.29. The molecule has 0 saturated carbocycles. The molecule has 0 bridgehead atoms.